The van der Waals surface area contributed by atoms with Crippen LogP contribution in [0.2, 0.25) is 0 Å². The molecule has 1 aromatic heterocycles. The van der Waals surface area contributed by atoms with E-state index in [0.29, 0.717) is 28.4 Å². The van der Waals surface area contributed by atoms with E-state index in [-0.39, 0.29) is 17.2 Å². The summed E-state index contributed by atoms with van der Waals surface area (Å²) in [7, 11) is 4.51. The van der Waals surface area contributed by atoms with E-state index in [9.17, 15) is 14.7 Å². The lowest BCUT2D eigenvalue weighted by Gasteiger charge is -2.25. The Hall–Kier alpha value is -4.33. The molecule has 1 N–H and O–H groups in total. The first kappa shape index (κ1) is 21.9. The van der Waals surface area contributed by atoms with Gasteiger partial charge in [0, 0.05) is 11.8 Å². The molecule has 4 rings (SSSR count). The number of anilines is 1. The zero-order valence-corrected chi connectivity index (χ0v) is 18.3. The van der Waals surface area contributed by atoms with Crippen LogP contribution in [0, 0.1) is 0 Å². The molecule has 1 fully saturated rings. The Kier molecular flexibility index (Phi) is 5.99. The molecule has 1 atom stereocenters. The fraction of sp³-hybridized carbons (Fsp3) is 0.160. The average Bonchev–Trinajstić information content (AvgIpc) is 3.13. The van der Waals surface area contributed by atoms with Crippen LogP contribution in [0.3, 0.4) is 0 Å². The van der Waals surface area contributed by atoms with Gasteiger partial charge in [-0.05, 0) is 42.0 Å². The minimum Gasteiger partial charge on any atom is -0.507 e. The molecule has 1 aliphatic heterocycles. The van der Waals surface area contributed by atoms with Crippen LogP contribution >= 0.6 is 0 Å². The second-order valence-electron chi connectivity index (χ2n) is 7.20. The van der Waals surface area contributed by atoms with E-state index in [1.807, 2.05) is 0 Å². The molecule has 1 saturated heterocycles. The molecule has 168 valence electrons. The van der Waals surface area contributed by atoms with E-state index >= 15 is 0 Å². The number of aliphatic hydroxyl groups excluding tert-OH is 1. The minimum absolute atomic E-state index is 0.0638. The Morgan fingerprint density at radius 3 is 2.36 bits per heavy atom. The molecule has 0 radical (unpaired) electrons. The van der Waals surface area contributed by atoms with Crippen LogP contribution in [0.5, 0.6) is 17.2 Å². The lowest BCUT2D eigenvalue weighted by Crippen LogP contribution is -2.30. The predicted octanol–water partition coefficient (Wildman–Crippen LogP) is 3.73. The molecule has 0 bridgehead atoms. The third-order valence-corrected chi connectivity index (χ3v) is 5.41. The number of pyridine rings is 1. The van der Waals surface area contributed by atoms with Crippen molar-refractivity contribution in [1.82, 2.24) is 4.98 Å². The summed E-state index contributed by atoms with van der Waals surface area (Å²) < 4.78 is 16.0. The first-order valence-corrected chi connectivity index (χ1v) is 10.1. The molecule has 0 saturated carbocycles. The van der Waals surface area contributed by atoms with Crippen molar-refractivity contribution in [2.75, 3.05) is 26.2 Å². The second-order valence-corrected chi connectivity index (χ2v) is 7.20. The van der Waals surface area contributed by atoms with Crippen LogP contribution in [0.25, 0.3) is 5.76 Å². The van der Waals surface area contributed by atoms with Gasteiger partial charge in [-0.25, -0.2) is 4.98 Å². The van der Waals surface area contributed by atoms with Crippen LogP contribution in [0.4, 0.5) is 5.82 Å². The number of methoxy groups -OCH3 is 3. The van der Waals surface area contributed by atoms with E-state index in [1.54, 1.807) is 60.7 Å². The van der Waals surface area contributed by atoms with Crippen LogP contribution in [0.1, 0.15) is 17.2 Å². The summed E-state index contributed by atoms with van der Waals surface area (Å²) in [6.07, 6.45) is 1.53. The molecule has 1 amide bonds. The summed E-state index contributed by atoms with van der Waals surface area (Å²) in [5, 5.41) is 11.2. The molecular formula is C25H22N2O6. The highest BCUT2D eigenvalue weighted by Crippen LogP contribution is 2.43. The molecule has 33 heavy (non-hydrogen) atoms. The largest absolute Gasteiger partial charge is 0.507 e. The van der Waals surface area contributed by atoms with Gasteiger partial charge < -0.3 is 19.3 Å². The number of carbonyl (C=O) groups excluding carboxylic acids is 2. The van der Waals surface area contributed by atoms with Gasteiger partial charge in [-0.3, -0.25) is 14.5 Å². The fourth-order valence-corrected chi connectivity index (χ4v) is 3.83. The average molecular weight is 446 g/mol. The predicted molar refractivity (Wildman–Crippen MR) is 122 cm³/mol. The Labute approximate surface area is 190 Å². The third kappa shape index (κ3) is 3.87. The Morgan fingerprint density at radius 1 is 0.909 bits per heavy atom. The number of hydrogen-bond donors (Lipinski definition) is 1. The molecule has 1 aliphatic rings. The number of benzene rings is 2. The number of Topliss-reactive ketones (excluding diaryl/α,β-unsaturated/α-hetero) is 1. The number of carbonyl (C=O) groups is 2. The van der Waals surface area contributed by atoms with Crippen molar-refractivity contribution in [3.8, 4) is 17.2 Å². The van der Waals surface area contributed by atoms with Gasteiger partial charge >= 0.3 is 5.91 Å². The number of rotatable bonds is 6. The van der Waals surface area contributed by atoms with Crippen molar-refractivity contribution in [3.63, 3.8) is 0 Å². The quantitative estimate of drug-likeness (QED) is 0.350. The van der Waals surface area contributed by atoms with Crippen molar-refractivity contribution in [2.45, 2.75) is 6.04 Å². The highest BCUT2D eigenvalue weighted by Gasteiger charge is 2.47. The zero-order valence-electron chi connectivity index (χ0n) is 18.3. The number of ketones is 1. The number of aliphatic hydroxyl groups is 1. The van der Waals surface area contributed by atoms with Crippen LogP contribution in [-0.2, 0) is 9.59 Å². The standard InChI is InChI=1S/C25H22N2O6/c1-31-17-8-6-7-16(13-17)23(28)21-22(15-10-11-18(32-2)19(14-15)33-3)27(25(30)24(21)29)20-9-4-5-12-26-20/h4-14,22,28H,1-3H3/t22-/m0/s1. The highest BCUT2D eigenvalue weighted by molar-refractivity contribution is 6.51. The molecule has 0 spiro atoms. The van der Waals surface area contributed by atoms with E-state index < -0.39 is 17.7 Å². The summed E-state index contributed by atoms with van der Waals surface area (Å²) in [5.41, 5.74) is 0.826. The maximum absolute atomic E-state index is 13.2. The smallest absolute Gasteiger partial charge is 0.301 e. The van der Waals surface area contributed by atoms with Gasteiger partial charge in [0.25, 0.3) is 5.78 Å². The first-order chi connectivity index (χ1) is 16.0. The van der Waals surface area contributed by atoms with Crippen molar-refractivity contribution in [3.05, 3.63) is 83.6 Å². The second kappa shape index (κ2) is 9.04. The van der Waals surface area contributed by atoms with Crippen LogP contribution < -0.4 is 19.1 Å². The Balaban J connectivity index is 1.96. The van der Waals surface area contributed by atoms with Gasteiger partial charge in [0.2, 0.25) is 0 Å². The van der Waals surface area contributed by atoms with E-state index in [0.717, 1.165) is 0 Å². The topological polar surface area (TPSA) is 98.2 Å². The van der Waals surface area contributed by atoms with E-state index in [1.165, 1.54) is 32.4 Å². The monoisotopic (exact) mass is 446 g/mol. The van der Waals surface area contributed by atoms with Crippen molar-refractivity contribution < 1.29 is 28.9 Å². The highest BCUT2D eigenvalue weighted by atomic mass is 16.5. The van der Waals surface area contributed by atoms with E-state index in [2.05, 4.69) is 4.98 Å². The normalized spacial score (nSPS) is 17.2. The lowest BCUT2D eigenvalue weighted by atomic mass is 9.95. The Bertz CT molecular complexity index is 1240. The summed E-state index contributed by atoms with van der Waals surface area (Å²) in [4.78, 5) is 31.9. The fourth-order valence-electron chi connectivity index (χ4n) is 3.83. The molecule has 2 aromatic carbocycles. The summed E-state index contributed by atoms with van der Waals surface area (Å²) in [6, 6.07) is 15.8. The molecule has 2 heterocycles. The third-order valence-electron chi connectivity index (χ3n) is 5.41. The molecule has 3 aromatic rings. The molecule has 0 aliphatic carbocycles. The lowest BCUT2D eigenvalue weighted by molar-refractivity contribution is -0.132. The maximum atomic E-state index is 13.2. The van der Waals surface area contributed by atoms with Crippen molar-refractivity contribution in [2.24, 2.45) is 0 Å². The maximum Gasteiger partial charge on any atom is 0.301 e. The van der Waals surface area contributed by atoms with Gasteiger partial charge in [-0.15, -0.1) is 0 Å². The summed E-state index contributed by atoms with van der Waals surface area (Å²) in [5.74, 6) is -0.235. The van der Waals surface area contributed by atoms with Crippen LogP contribution in [-0.4, -0.2) is 43.1 Å². The van der Waals surface area contributed by atoms with Gasteiger partial charge in [0.1, 0.15) is 17.3 Å². The number of hydrogen-bond acceptors (Lipinski definition) is 7. The van der Waals surface area contributed by atoms with Crippen LogP contribution in [0.15, 0.2) is 72.4 Å². The summed E-state index contributed by atoms with van der Waals surface area (Å²) in [6.45, 7) is 0. The molecule has 8 nitrogen and oxygen atoms in total. The van der Waals surface area contributed by atoms with Gasteiger partial charge in [-0.2, -0.15) is 0 Å². The number of amides is 1. The van der Waals surface area contributed by atoms with E-state index in [4.69, 9.17) is 14.2 Å². The number of aromatic nitrogens is 1. The van der Waals surface area contributed by atoms with Gasteiger partial charge in [-0.1, -0.05) is 24.3 Å². The van der Waals surface area contributed by atoms with Gasteiger partial charge in [0.15, 0.2) is 11.5 Å². The zero-order chi connectivity index (χ0) is 23.5. The SMILES string of the molecule is COc1cccc(C(O)=C2C(=O)C(=O)N(c3ccccn3)[C@H]2c2ccc(OC)c(OC)c2)c1. The van der Waals surface area contributed by atoms with Crippen molar-refractivity contribution >= 4 is 23.3 Å². The van der Waals surface area contributed by atoms with Crippen molar-refractivity contribution in [1.29, 1.82) is 0 Å². The van der Waals surface area contributed by atoms with Gasteiger partial charge in [0.05, 0.1) is 32.9 Å². The molecule has 0 unspecified atom stereocenters. The Morgan fingerprint density at radius 2 is 1.70 bits per heavy atom. The molecular weight excluding hydrogens is 424 g/mol. The minimum atomic E-state index is -0.939. The summed E-state index contributed by atoms with van der Waals surface area (Å²) >= 11 is 0. The molecule has 8 heteroatoms. The number of ether oxygens (including phenoxy) is 3. The first-order valence-electron chi connectivity index (χ1n) is 10.1. The number of nitrogens with zero attached hydrogens (tertiary/aromatic N) is 2.